The number of aryl methyl sites for hydroxylation is 1. The van der Waals surface area contributed by atoms with Gasteiger partial charge in [0.05, 0.1) is 6.61 Å². The molecule has 1 aromatic rings. The topological polar surface area (TPSA) is 24.5 Å². The molecule has 0 fully saturated rings. The Balaban J connectivity index is 2.19. The van der Waals surface area contributed by atoms with Gasteiger partial charge in [-0.25, -0.2) is 0 Å². The van der Waals surface area contributed by atoms with Crippen molar-refractivity contribution in [2.75, 3.05) is 34.3 Å². The van der Waals surface area contributed by atoms with Gasteiger partial charge in [-0.15, -0.1) is 0 Å². The van der Waals surface area contributed by atoms with Gasteiger partial charge in [0.1, 0.15) is 5.75 Å². The first-order chi connectivity index (χ1) is 8.72. The van der Waals surface area contributed by atoms with Crippen LogP contribution in [0.1, 0.15) is 30.0 Å². The third kappa shape index (κ3) is 3.03. The molecule has 1 aliphatic rings. The molecule has 0 radical (unpaired) electrons. The Bertz CT molecular complexity index is 390. The number of ether oxygens (including phenoxy) is 1. The lowest BCUT2D eigenvalue weighted by Crippen LogP contribution is -2.24. The van der Waals surface area contributed by atoms with Crippen LogP contribution in [0.4, 0.5) is 0 Å². The van der Waals surface area contributed by atoms with E-state index in [1.54, 1.807) is 0 Å². The zero-order chi connectivity index (χ0) is 13.0. The summed E-state index contributed by atoms with van der Waals surface area (Å²) in [4.78, 5) is 2.22. The highest BCUT2D eigenvalue weighted by Crippen LogP contribution is 2.33. The molecule has 1 aromatic carbocycles. The highest BCUT2D eigenvalue weighted by molar-refractivity contribution is 5.44. The number of hydrogen-bond acceptors (Lipinski definition) is 3. The number of rotatable bonds is 5. The maximum absolute atomic E-state index is 5.89. The van der Waals surface area contributed by atoms with E-state index >= 15 is 0 Å². The molecule has 3 heteroatoms. The number of hydrogen-bond donors (Lipinski definition) is 1. The standard InChI is InChI=1S/C15H24N2O/c1-16-14(9-10-17(2)3)13-8-4-6-12-7-5-11-18-15(12)13/h4,6,8,14,16H,5,7,9-11H2,1-3H3. The fraction of sp³-hybridized carbons (Fsp3) is 0.600. The fourth-order valence-electron chi connectivity index (χ4n) is 2.53. The van der Waals surface area contributed by atoms with Gasteiger partial charge >= 0.3 is 0 Å². The minimum absolute atomic E-state index is 0.375. The van der Waals surface area contributed by atoms with Crippen molar-refractivity contribution in [3.05, 3.63) is 29.3 Å². The minimum atomic E-state index is 0.375. The molecule has 0 aliphatic carbocycles. The summed E-state index contributed by atoms with van der Waals surface area (Å²) in [5.74, 6) is 1.13. The molecule has 2 rings (SSSR count). The normalized spacial score (nSPS) is 16.2. The summed E-state index contributed by atoms with van der Waals surface area (Å²) in [6, 6.07) is 6.92. The van der Waals surface area contributed by atoms with Crippen molar-refractivity contribution in [3.8, 4) is 5.75 Å². The molecule has 0 spiro atoms. The lowest BCUT2D eigenvalue weighted by molar-refractivity contribution is 0.279. The van der Waals surface area contributed by atoms with Gasteiger partial charge in [0.2, 0.25) is 0 Å². The van der Waals surface area contributed by atoms with Crippen molar-refractivity contribution in [3.63, 3.8) is 0 Å². The summed E-state index contributed by atoms with van der Waals surface area (Å²) in [5, 5.41) is 3.42. The predicted octanol–water partition coefficient (Wildman–Crippen LogP) is 2.22. The Hall–Kier alpha value is -1.06. The van der Waals surface area contributed by atoms with Gasteiger partial charge in [-0.3, -0.25) is 0 Å². The third-order valence-electron chi connectivity index (χ3n) is 3.55. The van der Waals surface area contributed by atoms with Gasteiger partial charge in [0.25, 0.3) is 0 Å². The summed E-state index contributed by atoms with van der Waals surface area (Å²) in [5.41, 5.74) is 2.68. The second-order valence-electron chi connectivity index (χ2n) is 5.22. The molecule has 0 saturated heterocycles. The summed E-state index contributed by atoms with van der Waals surface area (Å²) in [7, 11) is 6.26. The third-order valence-corrected chi connectivity index (χ3v) is 3.55. The Kier molecular flexibility index (Phi) is 4.61. The van der Waals surface area contributed by atoms with Crippen LogP contribution in [0.5, 0.6) is 5.75 Å². The summed E-state index contributed by atoms with van der Waals surface area (Å²) in [6.45, 7) is 1.93. The Labute approximate surface area is 110 Å². The van der Waals surface area contributed by atoms with Gasteiger partial charge in [-0.2, -0.15) is 0 Å². The van der Waals surface area contributed by atoms with Crippen molar-refractivity contribution in [2.45, 2.75) is 25.3 Å². The molecule has 1 aliphatic heterocycles. The van der Waals surface area contributed by atoms with Crippen molar-refractivity contribution in [1.29, 1.82) is 0 Å². The van der Waals surface area contributed by atoms with Gasteiger partial charge in [-0.1, -0.05) is 18.2 Å². The van der Waals surface area contributed by atoms with Gasteiger partial charge in [-0.05, 0) is 52.5 Å². The number of nitrogens with zero attached hydrogens (tertiary/aromatic N) is 1. The number of nitrogens with one attached hydrogen (secondary N) is 1. The Morgan fingerprint density at radius 2 is 2.22 bits per heavy atom. The van der Waals surface area contributed by atoms with Crippen LogP contribution in [0.15, 0.2) is 18.2 Å². The number of benzene rings is 1. The van der Waals surface area contributed by atoms with Crippen LogP contribution in [0.2, 0.25) is 0 Å². The molecular weight excluding hydrogens is 224 g/mol. The largest absolute Gasteiger partial charge is 0.493 e. The monoisotopic (exact) mass is 248 g/mol. The molecule has 1 heterocycles. The molecule has 0 amide bonds. The van der Waals surface area contributed by atoms with Gasteiger partial charge < -0.3 is 15.0 Å². The van der Waals surface area contributed by atoms with Gasteiger partial charge in [0, 0.05) is 11.6 Å². The zero-order valence-corrected chi connectivity index (χ0v) is 11.7. The highest BCUT2D eigenvalue weighted by atomic mass is 16.5. The maximum atomic E-state index is 5.89. The van der Waals surface area contributed by atoms with Crippen molar-refractivity contribution in [1.82, 2.24) is 10.2 Å². The average molecular weight is 248 g/mol. The van der Waals surface area contributed by atoms with E-state index in [2.05, 4.69) is 42.5 Å². The molecule has 18 heavy (non-hydrogen) atoms. The van der Waals surface area contributed by atoms with Crippen LogP contribution in [-0.4, -0.2) is 39.2 Å². The first kappa shape index (κ1) is 13.4. The van der Waals surface area contributed by atoms with Crippen molar-refractivity contribution in [2.24, 2.45) is 0 Å². The van der Waals surface area contributed by atoms with Crippen LogP contribution in [-0.2, 0) is 6.42 Å². The minimum Gasteiger partial charge on any atom is -0.493 e. The lowest BCUT2D eigenvalue weighted by Gasteiger charge is -2.25. The van der Waals surface area contributed by atoms with E-state index in [4.69, 9.17) is 4.74 Å². The SMILES string of the molecule is CNC(CCN(C)C)c1cccc2c1OCCC2. The van der Waals surface area contributed by atoms with Crippen LogP contribution in [0.3, 0.4) is 0 Å². The van der Waals surface area contributed by atoms with E-state index in [1.807, 2.05) is 7.05 Å². The molecule has 0 bridgehead atoms. The van der Waals surface area contributed by atoms with Crippen LogP contribution >= 0.6 is 0 Å². The maximum Gasteiger partial charge on any atom is 0.127 e. The smallest absolute Gasteiger partial charge is 0.127 e. The van der Waals surface area contributed by atoms with E-state index in [9.17, 15) is 0 Å². The summed E-state index contributed by atoms with van der Waals surface area (Å²) >= 11 is 0. The van der Waals surface area contributed by atoms with E-state index in [0.29, 0.717) is 6.04 Å². The molecule has 1 atom stereocenters. The average Bonchev–Trinajstić information content (AvgIpc) is 2.39. The van der Waals surface area contributed by atoms with E-state index in [0.717, 1.165) is 38.2 Å². The van der Waals surface area contributed by atoms with E-state index in [1.165, 1.54) is 11.1 Å². The first-order valence-electron chi connectivity index (χ1n) is 6.79. The molecule has 1 N–H and O–H groups in total. The highest BCUT2D eigenvalue weighted by Gasteiger charge is 2.19. The van der Waals surface area contributed by atoms with Crippen LogP contribution < -0.4 is 10.1 Å². The van der Waals surface area contributed by atoms with Crippen LogP contribution in [0, 0.1) is 0 Å². The summed E-state index contributed by atoms with van der Waals surface area (Å²) in [6.07, 6.45) is 3.38. The molecule has 3 nitrogen and oxygen atoms in total. The van der Waals surface area contributed by atoms with Crippen molar-refractivity contribution < 1.29 is 4.74 Å². The van der Waals surface area contributed by atoms with Crippen LogP contribution in [0.25, 0.3) is 0 Å². The second-order valence-corrected chi connectivity index (χ2v) is 5.22. The van der Waals surface area contributed by atoms with Gasteiger partial charge in [0.15, 0.2) is 0 Å². The molecule has 1 unspecified atom stereocenters. The quantitative estimate of drug-likeness (QED) is 0.865. The Morgan fingerprint density at radius 1 is 1.39 bits per heavy atom. The lowest BCUT2D eigenvalue weighted by atomic mass is 9.96. The molecule has 100 valence electrons. The second kappa shape index (κ2) is 6.21. The molecular formula is C15H24N2O. The zero-order valence-electron chi connectivity index (χ0n) is 11.7. The summed E-state index contributed by atoms with van der Waals surface area (Å²) < 4.78 is 5.89. The van der Waals surface area contributed by atoms with E-state index < -0.39 is 0 Å². The fourth-order valence-corrected chi connectivity index (χ4v) is 2.53. The Morgan fingerprint density at radius 3 is 2.94 bits per heavy atom. The number of para-hydroxylation sites is 1. The first-order valence-corrected chi connectivity index (χ1v) is 6.79. The predicted molar refractivity (Wildman–Crippen MR) is 75.2 cm³/mol. The molecule has 0 aromatic heterocycles. The van der Waals surface area contributed by atoms with Crippen molar-refractivity contribution >= 4 is 0 Å². The number of fused-ring (bicyclic) bond motifs is 1. The van der Waals surface area contributed by atoms with E-state index in [-0.39, 0.29) is 0 Å². The molecule has 0 saturated carbocycles.